The van der Waals surface area contributed by atoms with Crippen molar-refractivity contribution in [3.63, 3.8) is 0 Å². The number of halogens is 3. The lowest BCUT2D eigenvalue weighted by Crippen LogP contribution is -2.12. The van der Waals surface area contributed by atoms with Crippen LogP contribution in [0, 0.1) is 0 Å². The van der Waals surface area contributed by atoms with Crippen molar-refractivity contribution in [1.82, 2.24) is 9.55 Å². The molecule has 0 unspecified atom stereocenters. The standard InChI is InChI=1S/C20H14Cl3N3OS/c21-14-2-4-20-13(7-14)8-16(28-20)11-27-25-19(10-26-6-5-24-12-26)17-3-1-15(22)9-18(17)23/h1-9,12H,10-11H2/b25-19+. The summed E-state index contributed by atoms with van der Waals surface area (Å²) in [5.41, 5.74) is 1.45. The minimum absolute atomic E-state index is 0.357. The molecule has 28 heavy (non-hydrogen) atoms. The summed E-state index contributed by atoms with van der Waals surface area (Å²) >= 11 is 20.1. The van der Waals surface area contributed by atoms with Crippen molar-refractivity contribution in [3.05, 3.63) is 86.7 Å². The first-order chi connectivity index (χ1) is 13.6. The van der Waals surface area contributed by atoms with Crippen LogP contribution in [0.2, 0.25) is 15.1 Å². The van der Waals surface area contributed by atoms with Gasteiger partial charge in [0, 0.05) is 37.6 Å². The van der Waals surface area contributed by atoms with Crippen LogP contribution in [-0.4, -0.2) is 15.3 Å². The average Bonchev–Trinajstić information content (AvgIpc) is 3.30. The quantitative estimate of drug-likeness (QED) is 0.243. The van der Waals surface area contributed by atoms with Gasteiger partial charge in [0.15, 0.2) is 6.61 Å². The van der Waals surface area contributed by atoms with E-state index in [-0.39, 0.29) is 0 Å². The molecule has 0 fully saturated rings. The van der Waals surface area contributed by atoms with Crippen molar-refractivity contribution in [3.8, 4) is 0 Å². The Balaban J connectivity index is 1.57. The Kier molecular flexibility index (Phi) is 5.87. The van der Waals surface area contributed by atoms with Crippen molar-refractivity contribution in [2.45, 2.75) is 13.2 Å². The highest BCUT2D eigenvalue weighted by molar-refractivity contribution is 7.19. The fraction of sp³-hybridized carbons (Fsp3) is 0.100. The van der Waals surface area contributed by atoms with Crippen LogP contribution in [0.15, 0.2) is 66.3 Å². The average molecular weight is 451 g/mol. The van der Waals surface area contributed by atoms with Crippen LogP contribution in [-0.2, 0) is 18.0 Å². The van der Waals surface area contributed by atoms with E-state index in [4.69, 9.17) is 39.6 Å². The van der Waals surface area contributed by atoms with Crippen LogP contribution in [0.1, 0.15) is 10.4 Å². The number of thiophene rings is 1. The predicted molar refractivity (Wildman–Crippen MR) is 117 cm³/mol. The molecule has 0 saturated carbocycles. The lowest BCUT2D eigenvalue weighted by atomic mass is 10.1. The number of nitrogens with zero attached hydrogens (tertiary/aromatic N) is 3. The second kappa shape index (κ2) is 8.53. The van der Waals surface area contributed by atoms with Gasteiger partial charge in [-0.2, -0.15) is 0 Å². The topological polar surface area (TPSA) is 39.4 Å². The van der Waals surface area contributed by atoms with E-state index in [1.807, 2.05) is 35.0 Å². The Bertz CT molecular complexity index is 1140. The number of hydrogen-bond donors (Lipinski definition) is 0. The molecule has 0 atom stereocenters. The zero-order valence-electron chi connectivity index (χ0n) is 14.5. The monoisotopic (exact) mass is 449 g/mol. The zero-order chi connectivity index (χ0) is 19.5. The SMILES string of the molecule is Clc1ccc(/C(Cn2ccnc2)=N/OCc2cc3cc(Cl)ccc3s2)c(Cl)c1. The first kappa shape index (κ1) is 19.3. The summed E-state index contributed by atoms with van der Waals surface area (Å²) in [6.45, 7) is 0.832. The first-order valence-corrected chi connectivity index (χ1v) is 10.3. The van der Waals surface area contributed by atoms with Crippen molar-refractivity contribution >= 4 is 61.9 Å². The third-order valence-electron chi connectivity index (χ3n) is 4.04. The normalized spacial score (nSPS) is 11.9. The van der Waals surface area contributed by atoms with Gasteiger partial charge in [-0.25, -0.2) is 4.98 Å². The fourth-order valence-electron chi connectivity index (χ4n) is 2.75. The van der Waals surface area contributed by atoms with Crippen LogP contribution in [0.3, 0.4) is 0 Å². The second-order valence-corrected chi connectivity index (χ2v) is 8.51. The Morgan fingerprint density at radius 3 is 2.68 bits per heavy atom. The summed E-state index contributed by atoms with van der Waals surface area (Å²) in [6, 6.07) is 13.2. The molecular weight excluding hydrogens is 437 g/mol. The largest absolute Gasteiger partial charge is 0.390 e. The van der Waals surface area contributed by atoms with Gasteiger partial charge >= 0.3 is 0 Å². The van der Waals surface area contributed by atoms with E-state index in [0.717, 1.165) is 25.5 Å². The zero-order valence-corrected chi connectivity index (χ0v) is 17.6. The molecule has 0 aliphatic carbocycles. The third-order valence-corrected chi connectivity index (χ3v) is 5.92. The van der Waals surface area contributed by atoms with E-state index in [2.05, 4.69) is 16.2 Å². The highest BCUT2D eigenvalue weighted by Crippen LogP contribution is 2.29. The van der Waals surface area contributed by atoms with Gasteiger partial charge in [0.1, 0.15) is 5.71 Å². The Morgan fingerprint density at radius 1 is 1.07 bits per heavy atom. The van der Waals surface area contributed by atoms with Crippen LogP contribution >= 0.6 is 46.1 Å². The van der Waals surface area contributed by atoms with E-state index in [1.54, 1.807) is 36.0 Å². The summed E-state index contributed by atoms with van der Waals surface area (Å²) < 4.78 is 3.06. The molecule has 0 radical (unpaired) electrons. The molecule has 2 aromatic carbocycles. The highest BCUT2D eigenvalue weighted by Gasteiger charge is 2.11. The molecule has 0 saturated heterocycles. The summed E-state index contributed by atoms with van der Waals surface area (Å²) in [4.78, 5) is 10.8. The van der Waals surface area contributed by atoms with Crippen molar-refractivity contribution < 1.29 is 4.84 Å². The molecule has 4 aromatic rings. The smallest absolute Gasteiger partial charge is 0.151 e. The van der Waals surface area contributed by atoms with Crippen LogP contribution in [0.5, 0.6) is 0 Å². The Morgan fingerprint density at radius 2 is 1.89 bits per heavy atom. The second-order valence-electron chi connectivity index (χ2n) is 6.07. The number of oxime groups is 1. The number of rotatable bonds is 6. The molecule has 2 heterocycles. The van der Waals surface area contributed by atoms with E-state index >= 15 is 0 Å². The summed E-state index contributed by atoms with van der Waals surface area (Å²) in [5, 5.41) is 7.27. The number of imidazole rings is 1. The number of hydrogen-bond acceptors (Lipinski definition) is 4. The molecule has 0 spiro atoms. The Labute approximate surface area is 180 Å². The minimum Gasteiger partial charge on any atom is -0.390 e. The molecule has 142 valence electrons. The van der Waals surface area contributed by atoms with Gasteiger partial charge < -0.3 is 9.40 Å². The summed E-state index contributed by atoms with van der Waals surface area (Å²) in [6.07, 6.45) is 5.29. The van der Waals surface area contributed by atoms with Gasteiger partial charge in [-0.05, 0) is 47.9 Å². The van der Waals surface area contributed by atoms with E-state index < -0.39 is 0 Å². The summed E-state index contributed by atoms with van der Waals surface area (Å²) in [5.74, 6) is 0. The molecule has 2 aromatic heterocycles. The minimum atomic E-state index is 0.357. The number of benzene rings is 2. The van der Waals surface area contributed by atoms with E-state index in [9.17, 15) is 0 Å². The van der Waals surface area contributed by atoms with E-state index in [0.29, 0.717) is 28.9 Å². The molecule has 0 N–H and O–H groups in total. The third kappa shape index (κ3) is 4.50. The van der Waals surface area contributed by atoms with E-state index in [1.165, 1.54) is 0 Å². The molecular formula is C20H14Cl3N3OS. The molecule has 0 aliphatic heterocycles. The molecule has 4 rings (SSSR count). The van der Waals surface area contributed by atoms with Crippen LogP contribution in [0.25, 0.3) is 10.1 Å². The molecule has 0 bridgehead atoms. The van der Waals surface area contributed by atoms with Crippen LogP contribution in [0.4, 0.5) is 0 Å². The van der Waals surface area contributed by atoms with Gasteiger partial charge in [0.25, 0.3) is 0 Å². The lowest BCUT2D eigenvalue weighted by molar-refractivity contribution is 0.132. The number of aromatic nitrogens is 2. The maximum atomic E-state index is 6.37. The maximum absolute atomic E-state index is 6.37. The van der Waals surface area contributed by atoms with Gasteiger partial charge in [-0.15, -0.1) is 11.3 Å². The van der Waals surface area contributed by atoms with Crippen LogP contribution < -0.4 is 0 Å². The molecule has 4 nitrogen and oxygen atoms in total. The van der Waals surface area contributed by atoms with Gasteiger partial charge in [0.2, 0.25) is 0 Å². The fourth-order valence-corrected chi connectivity index (χ4v) is 4.40. The molecule has 0 aliphatic rings. The van der Waals surface area contributed by atoms with Gasteiger partial charge in [0.05, 0.1) is 17.9 Å². The number of fused-ring (bicyclic) bond motifs is 1. The van der Waals surface area contributed by atoms with Gasteiger partial charge in [-0.3, -0.25) is 0 Å². The molecule has 8 heteroatoms. The Hall–Kier alpha value is -2.05. The molecule has 0 amide bonds. The lowest BCUT2D eigenvalue weighted by Gasteiger charge is -2.10. The first-order valence-electron chi connectivity index (χ1n) is 8.36. The van der Waals surface area contributed by atoms with Gasteiger partial charge in [-0.1, -0.05) is 40.0 Å². The van der Waals surface area contributed by atoms with Crippen molar-refractivity contribution in [2.24, 2.45) is 5.16 Å². The predicted octanol–water partition coefficient (Wildman–Crippen LogP) is 6.68. The highest BCUT2D eigenvalue weighted by atomic mass is 35.5. The summed E-state index contributed by atoms with van der Waals surface area (Å²) in [7, 11) is 0. The van der Waals surface area contributed by atoms with Crippen molar-refractivity contribution in [1.29, 1.82) is 0 Å². The maximum Gasteiger partial charge on any atom is 0.151 e. The van der Waals surface area contributed by atoms with Crippen molar-refractivity contribution in [2.75, 3.05) is 0 Å².